The molecule has 0 bridgehead atoms. The minimum atomic E-state index is -0.371. The van der Waals surface area contributed by atoms with Crippen molar-refractivity contribution in [1.82, 2.24) is 9.97 Å². The minimum Gasteiger partial charge on any atom is -0.391 e. The molecule has 1 heterocycles. The van der Waals surface area contributed by atoms with Crippen LogP contribution in [-0.4, -0.2) is 41.9 Å². The van der Waals surface area contributed by atoms with Gasteiger partial charge in [0, 0.05) is 26.8 Å². The Bertz CT molecular complexity index is 397. The van der Waals surface area contributed by atoms with Crippen molar-refractivity contribution in [2.75, 3.05) is 31.3 Å². The van der Waals surface area contributed by atoms with Crippen LogP contribution in [0, 0.1) is 5.92 Å². The number of ether oxygens (including phenoxy) is 1. The number of aromatic nitrogens is 2. The van der Waals surface area contributed by atoms with E-state index >= 15 is 0 Å². The number of nitrogens with one attached hydrogen (secondary N) is 2. The fourth-order valence-corrected chi connectivity index (χ4v) is 2.12. The van der Waals surface area contributed by atoms with Gasteiger partial charge in [0.2, 0.25) is 0 Å². The van der Waals surface area contributed by atoms with Gasteiger partial charge in [-0.2, -0.15) is 0 Å². The van der Waals surface area contributed by atoms with Gasteiger partial charge in [-0.3, -0.25) is 0 Å². The zero-order chi connectivity index (χ0) is 15.0. The van der Waals surface area contributed by atoms with Crippen molar-refractivity contribution in [3.05, 3.63) is 11.9 Å². The number of anilines is 2. The molecule has 0 aliphatic rings. The Morgan fingerprint density at radius 2 is 1.90 bits per heavy atom. The van der Waals surface area contributed by atoms with Gasteiger partial charge in [-0.1, -0.05) is 26.7 Å². The molecule has 1 unspecified atom stereocenters. The molecule has 0 aromatic carbocycles. The van der Waals surface area contributed by atoms with Crippen molar-refractivity contribution < 1.29 is 9.84 Å². The summed E-state index contributed by atoms with van der Waals surface area (Å²) in [4.78, 5) is 8.64. The Morgan fingerprint density at radius 1 is 1.25 bits per heavy atom. The molecule has 6 heteroatoms. The molecule has 0 amide bonds. The van der Waals surface area contributed by atoms with E-state index in [1.807, 2.05) is 13.1 Å². The molecule has 1 aromatic rings. The van der Waals surface area contributed by atoms with E-state index in [4.69, 9.17) is 4.74 Å². The quantitative estimate of drug-likeness (QED) is 0.642. The fraction of sp³-hybridized carbons (Fsp3) is 0.714. The van der Waals surface area contributed by atoms with Crippen molar-refractivity contribution in [3.63, 3.8) is 0 Å². The van der Waals surface area contributed by atoms with Crippen molar-refractivity contribution in [3.8, 4) is 0 Å². The predicted molar refractivity (Wildman–Crippen MR) is 80.9 cm³/mol. The van der Waals surface area contributed by atoms with Gasteiger partial charge in [-0.15, -0.1) is 0 Å². The summed E-state index contributed by atoms with van der Waals surface area (Å²) < 4.78 is 5.05. The molecule has 0 saturated heterocycles. The lowest BCUT2D eigenvalue weighted by Crippen LogP contribution is -2.28. The van der Waals surface area contributed by atoms with E-state index < -0.39 is 0 Å². The Morgan fingerprint density at radius 3 is 2.45 bits per heavy atom. The molecule has 0 fully saturated rings. The second-order valence-electron chi connectivity index (χ2n) is 4.76. The van der Waals surface area contributed by atoms with Crippen LogP contribution < -0.4 is 10.6 Å². The van der Waals surface area contributed by atoms with Gasteiger partial charge >= 0.3 is 0 Å². The standard InChI is InChI=1S/C14H26N4O2/c1-5-10(6-2)11(19)8-16-13-7-12(15-3)17-14(18-13)9-20-4/h7,10-11,19H,5-6,8-9H2,1-4H3,(H2,15,16,17,18). The van der Waals surface area contributed by atoms with Crippen LogP contribution in [0.25, 0.3) is 0 Å². The van der Waals surface area contributed by atoms with Crippen LogP contribution in [0.1, 0.15) is 32.5 Å². The summed E-state index contributed by atoms with van der Waals surface area (Å²) in [6.07, 6.45) is 1.57. The molecule has 6 nitrogen and oxygen atoms in total. The molecule has 20 heavy (non-hydrogen) atoms. The lowest BCUT2D eigenvalue weighted by molar-refractivity contribution is 0.114. The van der Waals surface area contributed by atoms with Crippen molar-refractivity contribution in [1.29, 1.82) is 0 Å². The molecule has 114 valence electrons. The first kappa shape index (κ1) is 16.7. The molecule has 1 rings (SSSR count). The van der Waals surface area contributed by atoms with Crippen molar-refractivity contribution in [2.24, 2.45) is 5.92 Å². The summed E-state index contributed by atoms with van der Waals surface area (Å²) in [6, 6.07) is 1.82. The van der Waals surface area contributed by atoms with Gasteiger partial charge < -0.3 is 20.5 Å². The molecule has 1 atom stereocenters. The zero-order valence-corrected chi connectivity index (χ0v) is 12.8. The van der Waals surface area contributed by atoms with Gasteiger partial charge in [0.1, 0.15) is 18.2 Å². The first-order valence-corrected chi connectivity index (χ1v) is 7.11. The van der Waals surface area contributed by atoms with Crippen LogP contribution in [0.2, 0.25) is 0 Å². The third kappa shape index (κ3) is 4.94. The zero-order valence-electron chi connectivity index (χ0n) is 12.8. The van der Waals surface area contributed by atoms with E-state index in [1.54, 1.807) is 7.11 Å². The maximum atomic E-state index is 10.1. The van der Waals surface area contributed by atoms with Gasteiger partial charge in [0.05, 0.1) is 6.10 Å². The summed E-state index contributed by atoms with van der Waals surface area (Å²) in [6.45, 7) is 5.04. The largest absolute Gasteiger partial charge is 0.391 e. The fourth-order valence-electron chi connectivity index (χ4n) is 2.12. The average Bonchev–Trinajstić information content (AvgIpc) is 2.46. The highest BCUT2D eigenvalue weighted by Crippen LogP contribution is 2.15. The summed E-state index contributed by atoms with van der Waals surface area (Å²) in [5.41, 5.74) is 0. The summed E-state index contributed by atoms with van der Waals surface area (Å²) in [5, 5.41) is 16.3. The van der Waals surface area contributed by atoms with Crippen molar-refractivity contribution >= 4 is 11.6 Å². The number of aliphatic hydroxyl groups excluding tert-OH is 1. The van der Waals surface area contributed by atoms with Crippen molar-refractivity contribution in [2.45, 2.75) is 39.4 Å². The van der Waals surface area contributed by atoms with Crippen LogP contribution in [0.5, 0.6) is 0 Å². The lowest BCUT2D eigenvalue weighted by atomic mass is 9.97. The topological polar surface area (TPSA) is 79.3 Å². The Kier molecular flexibility index (Phi) is 7.25. The molecule has 1 aromatic heterocycles. The lowest BCUT2D eigenvalue weighted by Gasteiger charge is -2.20. The number of nitrogens with zero attached hydrogens (tertiary/aromatic N) is 2. The van der Waals surface area contributed by atoms with Gasteiger partial charge in [0.15, 0.2) is 5.82 Å². The van der Waals surface area contributed by atoms with E-state index in [9.17, 15) is 5.11 Å². The molecular formula is C14H26N4O2. The first-order chi connectivity index (χ1) is 9.64. The Balaban J connectivity index is 2.68. The highest BCUT2D eigenvalue weighted by atomic mass is 16.5. The van der Waals surface area contributed by atoms with E-state index in [-0.39, 0.29) is 6.10 Å². The first-order valence-electron chi connectivity index (χ1n) is 7.11. The van der Waals surface area contributed by atoms with Crippen LogP contribution in [0.15, 0.2) is 6.07 Å². The van der Waals surface area contributed by atoms with Crippen LogP contribution in [0.4, 0.5) is 11.6 Å². The summed E-state index contributed by atoms with van der Waals surface area (Å²) in [5.74, 6) is 2.35. The molecule has 0 aliphatic carbocycles. The number of aliphatic hydroxyl groups is 1. The van der Waals surface area contributed by atoms with E-state index in [0.717, 1.165) is 18.7 Å². The number of hydrogen-bond acceptors (Lipinski definition) is 6. The average molecular weight is 282 g/mol. The number of hydrogen-bond donors (Lipinski definition) is 3. The molecule has 0 aliphatic heterocycles. The maximum Gasteiger partial charge on any atom is 0.158 e. The third-order valence-corrected chi connectivity index (χ3v) is 3.39. The summed E-state index contributed by atoms with van der Waals surface area (Å²) >= 11 is 0. The Labute approximate surface area is 121 Å². The minimum absolute atomic E-state index is 0.312. The Hall–Kier alpha value is -1.40. The third-order valence-electron chi connectivity index (χ3n) is 3.39. The van der Waals surface area contributed by atoms with E-state index in [2.05, 4.69) is 34.4 Å². The van der Waals surface area contributed by atoms with Crippen LogP contribution in [-0.2, 0) is 11.3 Å². The predicted octanol–water partition coefficient (Wildman–Crippen LogP) is 1.87. The van der Waals surface area contributed by atoms with Gasteiger partial charge in [-0.25, -0.2) is 9.97 Å². The molecular weight excluding hydrogens is 256 g/mol. The maximum absolute atomic E-state index is 10.1. The van der Waals surface area contributed by atoms with Gasteiger partial charge in [0.25, 0.3) is 0 Å². The second-order valence-corrected chi connectivity index (χ2v) is 4.76. The van der Waals surface area contributed by atoms with Crippen LogP contribution >= 0.6 is 0 Å². The van der Waals surface area contributed by atoms with Crippen LogP contribution in [0.3, 0.4) is 0 Å². The molecule has 0 saturated carbocycles. The van der Waals surface area contributed by atoms with E-state index in [1.165, 1.54) is 0 Å². The normalized spacial score (nSPS) is 12.5. The molecule has 0 radical (unpaired) electrons. The molecule has 0 spiro atoms. The summed E-state index contributed by atoms with van der Waals surface area (Å²) in [7, 11) is 3.42. The highest BCUT2D eigenvalue weighted by molar-refractivity contribution is 5.47. The molecule has 3 N–H and O–H groups in total. The monoisotopic (exact) mass is 282 g/mol. The second kappa shape index (κ2) is 8.71. The highest BCUT2D eigenvalue weighted by Gasteiger charge is 2.15. The SMILES string of the molecule is CCC(CC)C(O)CNc1cc(NC)nc(COC)n1. The number of methoxy groups -OCH3 is 1. The smallest absolute Gasteiger partial charge is 0.158 e. The van der Waals surface area contributed by atoms with E-state index in [0.29, 0.717) is 30.7 Å². The van der Waals surface area contributed by atoms with Gasteiger partial charge in [-0.05, 0) is 5.92 Å². The number of rotatable bonds is 9.